The molecule has 3 heterocycles. The number of carbonyl (C=O) groups is 1. The number of carboxylic acid groups (broad SMARTS) is 1. The van der Waals surface area contributed by atoms with Crippen LogP contribution < -0.4 is 21.6 Å². The molecule has 8 nitrogen and oxygen atoms in total. The number of nitrogens with one attached hydrogen (secondary N) is 1. The number of halogens is 3. The number of aromatic carboxylic acids is 1. The fraction of sp³-hybridized carbons (Fsp3) is 0.238. The maximum absolute atomic E-state index is 16.1. The maximum atomic E-state index is 16.1. The molecule has 33 heavy (non-hydrogen) atoms. The van der Waals surface area contributed by atoms with Gasteiger partial charge in [0.25, 0.3) is 0 Å². The van der Waals surface area contributed by atoms with Crippen LogP contribution in [0.4, 0.5) is 24.5 Å². The molecular formula is C21H18F3N5O3S. The van der Waals surface area contributed by atoms with E-state index in [4.69, 9.17) is 5.84 Å². The summed E-state index contributed by atoms with van der Waals surface area (Å²) >= 11 is 0.838. The molecule has 0 bridgehead atoms. The summed E-state index contributed by atoms with van der Waals surface area (Å²) in [5.41, 5.74) is -0.520. The third-order valence-corrected chi connectivity index (χ3v) is 7.10. The Bertz CT molecular complexity index is 1530. The van der Waals surface area contributed by atoms with Gasteiger partial charge in [-0.1, -0.05) is 0 Å². The summed E-state index contributed by atoms with van der Waals surface area (Å²) in [4.78, 5) is 28.7. The van der Waals surface area contributed by atoms with E-state index in [0.717, 1.165) is 17.4 Å². The Morgan fingerprint density at radius 3 is 2.48 bits per heavy atom. The Balaban J connectivity index is 2.02. The van der Waals surface area contributed by atoms with Crippen LogP contribution in [0.5, 0.6) is 0 Å². The van der Waals surface area contributed by atoms with Crippen LogP contribution in [0.1, 0.15) is 10.4 Å². The maximum Gasteiger partial charge on any atom is 0.342 e. The lowest BCUT2D eigenvalue weighted by Crippen LogP contribution is -2.45. The molecule has 0 amide bonds. The van der Waals surface area contributed by atoms with E-state index in [9.17, 15) is 19.1 Å². The number of rotatable bonds is 3. The molecule has 4 N–H and O–H groups in total. The number of aromatic nitrogens is 1. The summed E-state index contributed by atoms with van der Waals surface area (Å²) in [5, 5.41) is 9.23. The standard InChI is InChI=1S/C21H18F3N5O3S/c1-27-4-6-28(7-5-27)18-14(23)16(26-25)12-17(15(18)24)29-10-3-2-9(22)8-11(10)33-20(29)13(19(12)30)21(31)32/h2-3,8,26H,4-7,25H2,1H3,(H,31,32). The molecule has 12 heteroatoms. The number of carboxylic acids is 1. The van der Waals surface area contributed by atoms with E-state index in [1.807, 2.05) is 11.9 Å². The van der Waals surface area contributed by atoms with Crippen molar-refractivity contribution in [3.8, 4) is 0 Å². The Morgan fingerprint density at radius 1 is 1.15 bits per heavy atom. The van der Waals surface area contributed by atoms with Crippen LogP contribution >= 0.6 is 11.3 Å². The van der Waals surface area contributed by atoms with Crippen LogP contribution in [-0.2, 0) is 0 Å². The second-order valence-corrected chi connectivity index (χ2v) is 8.90. The number of benzene rings is 2. The zero-order valence-electron chi connectivity index (χ0n) is 17.3. The zero-order chi connectivity index (χ0) is 23.6. The zero-order valence-corrected chi connectivity index (χ0v) is 18.1. The monoisotopic (exact) mass is 477 g/mol. The van der Waals surface area contributed by atoms with Crippen LogP contribution in [0.3, 0.4) is 0 Å². The molecule has 0 saturated carbocycles. The first-order valence-corrected chi connectivity index (χ1v) is 10.8. The largest absolute Gasteiger partial charge is 0.477 e. The number of piperazine rings is 1. The number of thiazole rings is 1. The molecule has 1 aliphatic rings. The fourth-order valence-corrected chi connectivity index (χ4v) is 5.55. The second kappa shape index (κ2) is 7.61. The molecule has 0 aliphatic carbocycles. The van der Waals surface area contributed by atoms with Gasteiger partial charge < -0.3 is 20.3 Å². The van der Waals surface area contributed by atoms with E-state index in [2.05, 4.69) is 5.43 Å². The number of pyridine rings is 1. The molecule has 0 atom stereocenters. The SMILES string of the molecule is CN1CCN(c2c(F)c(NN)c3c(=O)c(C(=O)O)c4sc5cc(F)ccc5n4c3c2F)CC1. The van der Waals surface area contributed by atoms with E-state index in [0.29, 0.717) is 30.9 Å². The van der Waals surface area contributed by atoms with E-state index in [1.165, 1.54) is 21.4 Å². The molecular weight excluding hydrogens is 459 g/mol. The number of nitrogens with zero attached hydrogens (tertiary/aromatic N) is 3. The third-order valence-electron chi connectivity index (χ3n) is 5.97. The molecule has 2 aromatic heterocycles. The van der Waals surface area contributed by atoms with Crippen molar-refractivity contribution >= 4 is 54.6 Å². The van der Waals surface area contributed by atoms with Gasteiger partial charge in [-0.2, -0.15) is 0 Å². The molecule has 1 saturated heterocycles. The van der Waals surface area contributed by atoms with Gasteiger partial charge in [-0.15, -0.1) is 11.3 Å². The molecule has 0 spiro atoms. The van der Waals surface area contributed by atoms with Crippen molar-refractivity contribution in [2.75, 3.05) is 43.6 Å². The van der Waals surface area contributed by atoms with Gasteiger partial charge in [0, 0.05) is 26.2 Å². The Labute approximate surface area is 188 Å². The predicted octanol–water partition coefficient (Wildman–Crippen LogP) is 2.82. The molecule has 2 aromatic carbocycles. The topological polar surface area (TPSA) is 103 Å². The van der Waals surface area contributed by atoms with Crippen LogP contribution in [0, 0.1) is 17.5 Å². The average Bonchev–Trinajstić information content (AvgIpc) is 3.12. The molecule has 172 valence electrons. The van der Waals surface area contributed by atoms with Crippen LogP contribution in [0.15, 0.2) is 23.0 Å². The van der Waals surface area contributed by atoms with Crippen molar-refractivity contribution in [3.05, 3.63) is 51.4 Å². The van der Waals surface area contributed by atoms with Gasteiger partial charge in [0.15, 0.2) is 11.6 Å². The number of hydrazine groups is 1. The van der Waals surface area contributed by atoms with Crippen molar-refractivity contribution in [2.24, 2.45) is 5.84 Å². The summed E-state index contributed by atoms with van der Waals surface area (Å²) < 4.78 is 47.1. The molecule has 1 fully saturated rings. The summed E-state index contributed by atoms with van der Waals surface area (Å²) in [6, 6.07) is 3.67. The highest BCUT2D eigenvalue weighted by molar-refractivity contribution is 7.24. The highest BCUT2D eigenvalue weighted by atomic mass is 32.1. The lowest BCUT2D eigenvalue weighted by atomic mass is 10.1. The first-order valence-electron chi connectivity index (χ1n) is 9.99. The molecule has 4 aromatic rings. The molecule has 0 unspecified atom stereocenters. The van der Waals surface area contributed by atoms with E-state index in [1.54, 1.807) is 0 Å². The lowest BCUT2D eigenvalue weighted by molar-refractivity contribution is 0.0697. The van der Waals surface area contributed by atoms with E-state index < -0.39 is 45.5 Å². The van der Waals surface area contributed by atoms with Crippen molar-refractivity contribution in [1.82, 2.24) is 9.30 Å². The number of hydrogen-bond acceptors (Lipinski definition) is 7. The predicted molar refractivity (Wildman–Crippen MR) is 121 cm³/mol. The molecule has 0 radical (unpaired) electrons. The van der Waals surface area contributed by atoms with Crippen LogP contribution in [-0.4, -0.2) is 53.6 Å². The van der Waals surface area contributed by atoms with Gasteiger partial charge >= 0.3 is 5.97 Å². The van der Waals surface area contributed by atoms with Gasteiger partial charge in [-0.05, 0) is 25.2 Å². The van der Waals surface area contributed by atoms with E-state index in [-0.39, 0.29) is 21.6 Å². The van der Waals surface area contributed by atoms with Gasteiger partial charge in [-0.3, -0.25) is 15.0 Å². The minimum Gasteiger partial charge on any atom is -0.477 e. The normalized spacial score (nSPS) is 15.1. The Kier molecular flexibility index (Phi) is 4.96. The van der Waals surface area contributed by atoms with Gasteiger partial charge in [0.1, 0.15) is 27.6 Å². The Morgan fingerprint density at radius 2 is 1.85 bits per heavy atom. The first kappa shape index (κ1) is 21.5. The number of likely N-dealkylation sites (N-methyl/N-ethyl adjacent to an activating group) is 1. The Hall–Kier alpha value is -3.35. The van der Waals surface area contributed by atoms with Crippen LogP contribution in [0.25, 0.3) is 25.9 Å². The van der Waals surface area contributed by atoms with Crippen molar-refractivity contribution in [2.45, 2.75) is 0 Å². The number of nitrogens with two attached hydrogens (primary N) is 1. The summed E-state index contributed by atoms with van der Waals surface area (Å²) in [6.07, 6.45) is 0. The molecule has 5 rings (SSSR count). The van der Waals surface area contributed by atoms with Gasteiger partial charge in [-0.25, -0.2) is 18.0 Å². The highest BCUT2D eigenvalue weighted by Gasteiger charge is 2.32. The van der Waals surface area contributed by atoms with Crippen LogP contribution in [0.2, 0.25) is 0 Å². The third kappa shape index (κ3) is 3.05. The van der Waals surface area contributed by atoms with Crippen molar-refractivity contribution in [3.63, 3.8) is 0 Å². The average molecular weight is 477 g/mol. The summed E-state index contributed by atoms with van der Waals surface area (Å²) in [5.74, 6) is 1.31. The lowest BCUT2D eigenvalue weighted by Gasteiger charge is -2.35. The summed E-state index contributed by atoms with van der Waals surface area (Å²) in [7, 11) is 1.89. The summed E-state index contributed by atoms with van der Waals surface area (Å²) in [6.45, 7) is 1.80. The number of hydrogen-bond donors (Lipinski definition) is 3. The number of nitrogen functional groups attached to an aromatic ring is 1. The first-order chi connectivity index (χ1) is 15.7. The number of anilines is 2. The minimum atomic E-state index is -1.57. The number of fused-ring (bicyclic) bond motifs is 5. The second-order valence-electron chi connectivity index (χ2n) is 7.87. The van der Waals surface area contributed by atoms with Gasteiger partial charge in [0.05, 0.1) is 21.1 Å². The highest BCUT2D eigenvalue weighted by Crippen LogP contribution is 2.40. The quantitative estimate of drug-likeness (QED) is 0.308. The fourth-order valence-electron chi connectivity index (χ4n) is 4.35. The van der Waals surface area contributed by atoms with Crippen molar-refractivity contribution < 1.29 is 23.1 Å². The van der Waals surface area contributed by atoms with E-state index >= 15 is 8.78 Å². The minimum absolute atomic E-state index is 0.0848. The molecule has 1 aliphatic heterocycles. The smallest absolute Gasteiger partial charge is 0.342 e. The van der Waals surface area contributed by atoms with Crippen molar-refractivity contribution in [1.29, 1.82) is 0 Å². The van der Waals surface area contributed by atoms with Gasteiger partial charge in [0.2, 0.25) is 5.43 Å².